The molecule has 11 heavy (non-hydrogen) atoms. The van der Waals surface area contributed by atoms with E-state index in [2.05, 4.69) is 6.92 Å². The average molecular weight is 174 g/mol. The monoisotopic (exact) mass is 174 g/mol. The van der Waals surface area contributed by atoms with Crippen LogP contribution >= 0.6 is 11.8 Å². The largest absolute Gasteiger partial charge is 0.343 e. The van der Waals surface area contributed by atoms with Crippen molar-refractivity contribution in [3.8, 4) is 0 Å². The van der Waals surface area contributed by atoms with Crippen LogP contribution in [0.1, 0.15) is 20.8 Å². The van der Waals surface area contributed by atoms with Gasteiger partial charge in [-0.25, -0.2) is 0 Å². The van der Waals surface area contributed by atoms with Crippen molar-refractivity contribution in [2.45, 2.75) is 38.3 Å². The highest BCUT2D eigenvalue weighted by molar-refractivity contribution is 7.99. The van der Waals surface area contributed by atoms with Crippen LogP contribution in [0.2, 0.25) is 0 Å². The molecule has 0 aromatic heterocycles. The molecule has 0 spiro atoms. The van der Waals surface area contributed by atoms with E-state index < -0.39 is 0 Å². The zero-order valence-electron chi connectivity index (χ0n) is 7.22. The van der Waals surface area contributed by atoms with Gasteiger partial charge in [-0.05, 0) is 20.8 Å². The molecule has 2 heterocycles. The molecule has 0 aromatic rings. The molecular formula is C8H14O2S. The maximum atomic E-state index is 5.82. The Morgan fingerprint density at radius 1 is 1.36 bits per heavy atom. The Balaban J connectivity index is 2.19. The van der Waals surface area contributed by atoms with Crippen molar-refractivity contribution in [2.24, 2.45) is 0 Å². The lowest BCUT2D eigenvalue weighted by Gasteiger charge is -2.22. The summed E-state index contributed by atoms with van der Waals surface area (Å²) in [6.45, 7) is 6.12. The molecule has 2 fully saturated rings. The van der Waals surface area contributed by atoms with Crippen molar-refractivity contribution in [2.75, 3.05) is 11.5 Å². The Hall–Kier alpha value is 0.270. The lowest BCUT2D eigenvalue weighted by atomic mass is 10.0. The second-order valence-electron chi connectivity index (χ2n) is 3.94. The third kappa shape index (κ3) is 1.19. The fourth-order valence-corrected chi connectivity index (χ4v) is 3.22. The highest BCUT2D eigenvalue weighted by atomic mass is 32.2. The predicted molar refractivity (Wildman–Crippen MR) is 45.8 cm³/mol. The molecule has 0 N–H and O–H groups in total. The quantitative estimate of drug-likeness (QED) is 0.556. The Labute approximate surface area is 71.6 Å². The number of thioether (sulfide) groups is 1. The first-order valence-electron chi connectivity index (χ1n) is 3.98. The van der Waals surface area contributed by atoms with Crippen LogP contribution in [-0.2, 0) is 9.47 Å². The van der Waals surface area contributed by atoms with Gasteiger partial charge >= 0.3 is 0 Å². The molecular weight excluding hydrogens is 160 g/mol. The Morgan fingerprint density at radius 3 is 2.73 bits per heavy atom. The van der Waals surface area contributed by atoms with E-state index in [1.165, 1.54) is 0 Å². The molecule has 0 amide bonds. The van der Waals surface area contributed by atoms with Crippen LogP contribution in [0.15, 0.2) is 0 Å². The number of ether oxygens (including phenoxy) is 2. The van der Waals surface area contributed by atoms with E-state index in [0.717, 1.165) is 11.5 Å². The molecule has 2 rings (SSSR count). The first kappa shape index (κ1) is 7.90. The zero-order valence-corrected chi connectivity index (χ0v) is 8.03. The first-order chi connectivity index (χ1) is 5.02. The molecule has 3 heteroatoms. The summed E-state index contributed by atoms with van der Waals surface area (Å²) >= 11 is 1.92. The van der Waals surface area contributed by atoms with E-state index in [1.54, 1.807) is 0 Å². The summed E-state index contributed by atoms with van der Waals surface area (Å²) in [4.78, 5) is 0. The van der Waals surface area contributed by atoms with E-state index in [4.69, 9.17) is 9.47 Å². The SMILES string of the molecule is CC1(C)O[C@@H]2CSC[C@]2(C)O1. The van der Waals surface area contributed by atoms with Gasteiger partial charge in [0.25, 0.3) is 0 Å². The van der Waals surface area contributed by atoms with Crippen molar-refractivity contribution in [3.05, 3.63) is 0 Å². The third-order valence-electron chi connectivity index (χ3n) is 2.24. The highest BCUT2D eigenvalue weighted by Crippen LogP contribution is 2.44. The minimum absolute atomic E-state index is 0.0197. The van der Waals surface area contributed by atoms with Gasteiger partial charge in [-0.15, -0.1) is 0 Å². The molecule has 2 atom stereocenters. The molecule has 2 nitrogen and oxygen atoms in total. The van der Waals surface area contributed by atoms with Crippen molar-refractivity contribution in [1.82, 2.24) is 0 Å². The Bertz CT molecular complexity index is 181. The van der Waals surface area contributed by atoms with E-state index in [-0.39, 0.29) is 11.4 Å². The van der Waals surface area contributed by atoms with Gasteiger partial charge in [-0.1, -0.05) is 0 Å². The maximum absolute atomic E-state index is 5.82. The molecule has 2 aliphatic rings. The Kier molecular flexibility index (Phi) is 1.54. The lowest BCUT2D eigenvalue weighted by Crippen LogP contribution is -2.35. The second kappa shape index (κ2) is 2.15. The van der Waals surface area contributed by atoms with Crippen LogP contribution in [-0.4, -0.2) is 29.0 Å². The standard InChI is InChI=1S/C8H14O2S/c1-7(2)9-6-4-11-5-8(6,3)10-7/h6H,4-5H2,1-3H3/t6-,8+/m1/s1. The molecule has 0 aliphatic carbocycles. The van der Waals surface area contributed by atoms with Crippen LogP contribution in [0.25, 0.3) is 0 Å². The van der Waals surface area contributed by atoms with Crippen molar-refractivity contribution < 1.29 is 9.47 Å². The summed E-state index contributed by atoms with van der Waals surface area (Å²) in [5.41, 5.74) is -0.0197. The van der Waals surface area contributed by atoms with Gasteiger partial charge in [0.1, 0.15) is 5.60 Å². The van der Waals surface area contributed by atoms with Crippen molar-refractivity contribution >= 4 is 11.8 Å². The molecule has 0 saturated carbocycles. The number of hydrogen-bond acceptors (Lipinski definition) is 3. The summed E-state index contributed by atoms with van der Waals surface area (Å²) in [5, 5.41) is 0. The van der Waals surface area contributed by atoms with Crippen LogP contribution in [0, 0.1) is 0 Å². The molecule has 2 saturated heterocycles. The van der Waals surface area contributed by atoms with E-state index in [1.807, 2.05) is 25.6 Å². The van der Waals surface area contributed by atoms with Gasteiger partial charge < -0.3 is 9.47 Å². The van der Waals surface area contributed by atoms with Crippen LogP contribution in [0.4, 0.5) is 0 Å². The minimum atomic E-state index is -0.361. The van der Waals surface area contributed by atoms with Crippen LogP contribution in [0.3, 0.4) is 0 Å². The Morgan fingerprint density at radius 2 is 2.09 bits per heavy atom. The fourth-order valence-electron chi connectivity index (χ4n) is 1.82. The van der Waals surface area contributed by atoms with Gasteiger partial charge in [-0.2, -0.15) is 11.8 Å². The molecule has 0 bridgehead atoms. The topological polar surface area (TPSA) is 18.5 Å². The van der Waals surface area contributed by atoms with Crippen molar-refractivity contribution in [1.29, 1.82) is 0 Å². The number of rotatable bonds is 0. The summed E-state index contributed by atoms with van der Waals surface area (Å²) in [7, 11) is 0. The van der Waals surface area contributed by atoms with Crippen LogP contribution < -0.4 is 0 Å². The first-order valence-corrected chi connectivity index (χ1v) is 5.13. The average Bonchev–Trinajstić information content (AvgIpc) is 2.16. The van der Waals surface area contributed by atoms with Gasteiger partial charge in [0, 0.05) is 11.5 Å². The molecule has 64 valence electrons. The van der Waals surface area contributed by atoms with Gasteiger partial charge in [0.2, 0.25) is 0 Å². The molecule has 0 radical (unpaired) electrons. The summed E-state index contributed by atoms with van der Waals surface area (Å²) in [6, 6.07) is 0. The van der Waals surface area contributed by atoms with Crippen molar-refractivity contribution in [3.63, 3.8) is 0 Å². The van der Waals surface area contributed by atoms with Gasteiger partial charge in [0.05, 0.1) is 6.10 Å². The van der Waals surface area contributed by atoms with E-state index >= 15 is 0 Å². The predicted octanol–water partition coefficient (Wildman–Crippen LogP) is 1.64. The minimum Gasteiger partial charge on any atom is -0.343 e. The second-order valence-corrected chi connectivity index (χ2v) is 4.97. The summed E-state index contributed by atoms with van der Waals surface area (Å²) < 4.78 is 11.5. The van der Waals surface area contributed by atoms with Gasteiger partial charge in [-0.3, -0.25) is 0 Å². The van der Waals surface area contributed by atoms with Crippen LogP contribution in [0.5, 0.6) is 0 Å². The molecule has 0 unspecified atom stereocenters. The van der Waals surface area contributed by atoms with E-state index in [9.17, 15) is 0 Å². The zero-order chi connectivity index (χ0) is 8.11. The third-order valence-corrected chi connectivity index (χ3v) is 3.56. The highest BCUT2D eigenvalue weighted by Gasteiger charge is 2.52. The number of hydrogen-bond donors (Lipinski definition) is 0. The summed E-state index contributed by atoms with van der Waals surface area (Å²) in [5.74, 6) is 1.79. The van der Waals surface area contributed by atoms with E-state index in [0.29, 0.717) is 6.10 Å². The normalized spacial score (nSPS) is 47.7. The summed E-state index contributed by atoms with van der Waals surface area (Å²) in [6.07, 6.45) is 0.308. The number of fused-ring (bicyclic) bond motifs is 1. The molecule has 0 aromatic carbocycles. The lowest BCUT2D eigenvalue weighted by molar-refractivity contribution is -0.156. The molecule has 2 aliphatic heterocycles. The smallest absolute Gasteiger partial charge is 0.164 e. The fraction of sp³-hybridized carbons (Fsp3) is 1.00. The maximum Gasteiger partial charge on any atom is 0.164 e. The van der Waals surface area contributed by atoms with Gasteiger partial charge in [0.15, 0.2) is 5.79 Å².